The third-order valence-corrected chi connectivity index (χ3v) is 1.76. The van der Waals surface area contributed by atoms with Crippen LogP contribution in [-0.2, 0) is 9.53 Å². The highest BCUT2D eigenvalue weighted by Gasteiger charge is 2.35. The first-order valence-electron chi connectivity index (χ1n) is 4.10. The van der Waals surface area contributed by atoms with Gasteiger partial charge in [-0.05, 0) is 11.6 Å². The Morgan fingerprint density at radius 1 is 1.25 bits per heavy atom. The minimum absolute atomic E-state index is 0.846. The summed E-state index contributed by atoms with van der Waals surface area (Å²) in [6, 6.07) is 0. The van der Waals surface area contributed by atoms with Crippen LogP contribution in [0.2, 0.25) is 0 Å². The predicted octanol–water partition coefficient (Wildman–Crippen LogP) is -2.88. The molecule has 0 rings (SSSR count). The lowest BCUT2D eigenvalue weighted by Crippen LogP contribution is -2.48. The number of carbonyl (C=O) groups is 1. The molecule has 0 aromatic rings. The minimum atomic E-state index is -2.12. The predicted molar refractivity (Wildman–Crippen MR) is 50.8 cm³/mol. The summed E-state index contributed by atoms with van der Waals surface area (Å²) in [5.41, 5.74) is 0. The van der Waals surface area contributed by atoms with Crippen molar-refractivity contribution >= 4 is 17.6 Å². The molecule has 0 bridgehead atoms. The van der Waals surface area contributed by atoms with Crippen molar-refractivity contribution in [3.63, 3.8) is 0 Å². The molecule has 0 radical (unpaired) electrons. The summed E-state index contributed by atoms with van der Waals surface area (Å²) in [6.45, 7) is -0.846. The van der Waals surface area contributed by atoms with Crippen LogP contribution in [-0.4, -0.2) is 62.5 Å². The van der Waals surface area contributed by atoms with Gasteiger partial charge in [-0.1, -0.05) is 0 Å². The molecule has 0 saturated carbocycles. The Morgan fingerprint density at radius 2 is 1.81 bits per heavy atom. The molecule has 0 spiro atoms. The summed E-state index contributed by atoms with van der Waals surface area (Å²) < 4.78 is 4.04. The van der Waals surface area contributed by atoms with Crippen LogP contribution in [0.5, 0.6) is 0 Å². The highest BCUT2D eigenvalue weighted by atomic mass is 35.5. The number of aliphatic hydroxyl groups excluding tert-OH is 5. The van der Waals surface area contributed by atoms with Crippen molar-refractivity contribution in [2.24, 2.45) is 0 Å². The zero-order chi connectivity index (χ0) is 12.7. The van der Waals surface area contributed by atoms with Gasteiger partial charge in [0.2, 0.25) is 0 Å². The van der Waals surface area contributed by atoms with E-state index in [-0.39, 0.29) is 0 Å². The SMILES string of the molecule is O=C(OC#CCl)C(O)C(O)C(O)C(O)CO. The number of rotatable bonds is 5. The fraction of sp³-hybridized carbons (Fsp3) is 0.625. The van der Waals surface area contributed by atoms with Crippen LogP contribution in [0.25, 0.3) is 0 Å². The van der Waals surface area contributed by atoms with E-state index in [0.29, 0.717) is 0 Å². The summed E-state index contributed by atoms with van der Waals surface area (Å²) in [7, 11) is 0. The Balaban J connectivity index is 4.39. The molecule has 16 heavy (non-hydrogen) atoms. The van der Waals surface area contributed by atoms with Crippen molar-refractivity contribution in [2.45, 2.75) is 24.4 Å². The first kappa shape index (κ1) is 15.1. The zero-order valence-electron chi connectivity index (χ0n) is 7.95. The number of halogens is 1. The average molecular weight is 255 g/mol. The normalized spacial score (nSPS) is 17.6. The lowest BCUT2D eigenvalue weighted by molar-refractivity contribution is -0.163. The molecule has 0 aromatic carbocycles. The van der Waals surface area contributed by atoms with Gasteiger partial charge in [0.1, 0.15) is 24.4 Å². The van der Waals surface area contributed by atoms with Crippen LogP contribution in [0, 0.1) is 11.5 Å². The second kappa shape index (κ2) is 7.40. The molecule has 5 N–H and O–H groups in total. The van der Waals surface area contributed by atoms with E-state index in [2.05, 4.69) is 4.74 Å². The number of hydrogen-bond donors (Lipinski definition) is 5. The molecule has 0 amide bonds. The van der Waals surface area contributed by atoms with Crippen LogP contribution in [0.3, 0.4) is 0 Å². The Bertz CT molecular complexity index is 284. The topological polar surface area (TPSA) is 127 Å². The van der Waals surface area contributed by atoms with Crippen LogP contribution in [0.1, 0.15) is 0 Å². The fourth-order valence-corrected chi connectivity index (χ4v) is 0.830. The maximum atomic E-state index is 10.9. The van der Waals surface area contributed by atoms with Gasteiger partial charge < -0.3 is 30.3 Å². The molecular weight excluding hydrogens is 244 g/mol. The maximum Gasteiger partial charge on any atom is 0.351 e. The lowest BCUT2D eigenvalue weighted by atomic mass is 10.0. The first-order valence-corrected chi connectivity index (χ1v) is 4.48. The molecule has 7 nitrogen and oxygen atoms in total. The monoisotopic (exact) mass is 254 g/mol. The quantitative estimate of drug-likeness (QED) is 0.263. The molecule has 0 saturated heterocycles. The van der Waals surface area contributed by atoms with E-state index < -0.39 is 37.0 Å². The van der Waals surface area contributed by atoms with E-state index in [1.165, 1.54) is 0 Å². The van der Waals surface area contributed by atoms with Gasteiger partial charge in [0.15, 0.2) is 6.10 Å². The Hall–Kier alpha value is -0.880. The number of esters is 1. The van der Waals surface area contributed by atoms with Gasteiger partial charge in [-0.2, -0.15) is 0 Å². The molecule has 0 heterocycles. The van der Waals surface area contributed by atoms with Crippen molar-refractivity contribution < 1.29 is 35.1 Å². The van der Waals surface area contributed by atoms with Crippen LogP contribution >= 0.6 is 11.6 Å². The number of carbonyl (C=O) groups excluding carboxylic acids is 1. The van der Waals surface area contributed by atoms with E-state index in [1.54, 1.807) is 11.5 Å². The van der Waals surface area contributed by atoms with E-state index >= 15 is 0 Å². The van der Waals surface area contributed by atoms with Gasteiger partial charge in [-0.3, -0.25) is 0 Å². The standard InChI is InChI=1S/C8H11ClO7/c9-1-2-16-8(15)7(14)6(13)5(12)4(11)3-10/h4-7,10-14H,3H2. The van der Waals surface area contributed by atoms with Crippen molar-refractivity contribution in [1.29, 1.82) is 0 Å². The molecule has 0 fully saturated rings. The summed E-state index contributed by atoms with van der Waals surface area (Å²) in [6.07, 6.45) is -6.07. The van der Waals surface area contributed by atoms with Crippen LogP contribution in [0.15, 0.2) is 0 Å². The summed E-state index contributed by atoms with van der Waals surface area (Å²) in [5, 5.41) is 46.6. The van der Waals surface area contributed by atoms with Gasteiger partial charge in [0, 0.05) is 5.38 Å². The van der Waals surface area contributed by atoms with E-state index in [0.717, 1.165) is 0 Å². The minimum Gasteiger partial charge on any atom is -0.394 e. The summed E-state index contributed by atoms with van der Waals surface area (Å²) in [5.74, 6) is -1.34. The largest absolute Gasteiger partial charge is 0.394 e. The maximum absolute atomic E-state index is 10.9. The van der Waals surface area contributed by atoms with Gasteiger partial charge in [0.05, 0.1) is 6.61 Å². The number of aliphatic hydroxyl groups is 5. The first-order chi connectivity index (χ1) is 7.45. The average Bonchev–Trinajstić information content (AvgIpc) is 2.31. The van der Waals surface area contributed by atoms with Crippen molar-refractivity contribution in [2.75, 3.05) is 6.61 Å². The zero-order valence-corrected chi connectivity index (χ0v) is 8.70. The van der Waals surface area contributed by atoms with E-state index in [1.807, 2.05) is 0 Å². The Labute approximate surface area is 95.8 Å². The van der Waals surface area contributed by atoms with Crippen molar-refractivity contribution in [3.05, 3.63) is 0 Å². The van der Waals surface area contributed by atoms with Gasteiger partial charge in [-0.25, -0.2) is 4.79 Å². The fourth-order valence-electron chi connectivity index (χ4n) is 0.792. The number of hydrogen-bond acceptors (Lipinski definition) is 7. The van der Waals surface area contributed by atoms with Crippen LogP contribution in [0.4, 0.5) is 0 Å². The smallest absolute Gasteiger partial charge is 0.351 e. The lowest BCUT2D eigenvalue weighted by Gasteiger charge is -2.23. The molecule has 0 aliphatic carbocycles. The molecule has 0 aliphatic rings. The second-order valence-corrected chi connectivity index (χ2v) is 2.98. The van der Waals surface area contributed by atoms with E-state index in [4.69, 9.17) is 32.0 Å². The second-order valence-electron chi connectivity index (χ2n) is 2.79. The third-order valence-electron chi connectivity index (χ3n) is 1.69. The van der Waals surface area contributed by atoms with Gasteiger partial charge in [0.25, 0.3) is 0 Å². The molecule has 0 aromatic heterocycles. The van der Waals surface area contributed by atoms with Gasteiger partial charge >= 0.3 is 5.97 Å². The van der Waals surface area contributed by atoms with Crippen LogP contribution < -0.4 is 0 Å². The molecule has 4 atom stereocenters. The van der Waals surface area contributed by atoms with E-state index in [9.17, 15) is 9.90 Å². The highest BCUT2D eigenvalue weighted by Crippen LogP contribution is 2.06. The molecular formula is C8H11ClO7. The number of ether oxygens (including phenoxy) is 1. The highest BCUT2D eigenvalue weighted by molar-refractivity contribution is 6.30. The molecule has 4 unspecified atom stereocenters. The van der Waals surface area contributed by atoms with Crippen molar-refractivity contribution in [1.82, 2.24) is 0 Å². The summed E-state index contributed by atoms with van der Waals surface area (Å²) in [4.78, 5) is 10.9. The Kier molecular flexibility index (Phi) is 7.00. The molecule has 0 aliphatic heterocycles. The Morgan fingerprint density at radius 3 is 2.25 bits per heavy atom. The summed E-state index contributed by atoms with van der Waals surface area (Å²) >= 11 is 4.86. The molecule has 92 valence electrons. The third kappa shape index (κ3) is 4.32. The van der Waals surface area contributed by atoms with Gasteiger partial charge in [-0.15, -0.1) is 0 Å². The molecule has 8 heteroatoms. The van der Waals surface area contributed by atoms with Crippen molar-refractivity contribution in [3.8, 4) is 11.5 Å².